The third-order valence-electron chi connectivity index (χ3n) is 3.56. The molecule has 0 radical (unpaired) electrons. The number of hydrogen-bond acceptors (Lipinski definition) is 3. The molecule has 0 saturated heterocycles. The largest absolute Gasteiger partial charge is 0.383 e. The van der Waals surface area contributed by atoms with E-state index in [4.69, 9.17) is 4.74 Å². The van der Waals surface area contributed by atoms with Crippen molar-refractivity contribution in [2.75, 3.05) is 25.6 Å². The molecule has 2 rings (SSSR count). The van der Waals surface area contributed by atoms with Gasteiger partial charge in [-0.05, 0) is 18.8 Å². The van der Waals surface area contributed by atoms with Gasteiger partial charge in [0.2, 0.25) is 5.95 Å². The van der Waals surface area contributed by atoms with Crippen molar-refractivity contribution in [3.63, 3.8) is 0 Å². The maximum absolute atomic E-state index is 5.04. The average Bonchev–Trinajstić information content (AvgIpc) is 2.78. The highest BCUT2D eigenvalue weighted by molar-refractivity contribution is 5.26. The molecular formula is C13H23N3O. The summed E-state index contributed by atoms with van der Waals surface area (Å²) < 4.78 is 7.34. The summed E-state index contributed by atoms with van der Waals surface area (Å²) in [4.78, 5) is 4.38. The Balaban J connectivity index is 1.97. The van der Waals surface area contributed by atoms with Gasteiger partial charge in [0.25, 0.3) is 0 Å². The SMILES string of the molecule is COCCNc1nccn1C1CCCC(C)C1. The second kappa shape index (κ2) is 6.05. The van der Waals surface area contributed by atoms with Gasteiger partial charge in [0.05, 0.1) is 6.61 Å². The third kappa shape index (κ3) is 3.22. The van der Waals surface area contributed by atoms with Gasteiger partial charge in [0.15, 0.2) is 0 Å². The first-order valence-corrected chi connectivity index (χ1v) is 6.57. The van der Waals surface area contributed by atoms with Crippen LogP contribution >= 0.6 is 0 Å². The Labute approximate surface area is 103 Å². The van der Waals surface area contributed by atoms with E-state index < -0.39 is 0 Å². The molecular weight excluding hydrogens is 214 g/mol. The third-order valence-corrected chi connectivity index (χ3v) is 3.56. The summed E-state index contributed by atoms with van der Waals surface area (Å²) in [5.41, 5.74) is 0. The second-order valence-electron chi connectivity index (χ2n) is 5.00. The van der Waals surface area contributed by atoms with Crippen molar-refractivity contribution >= 4 is 5.95 Å². The lowest BCUT2D eigenvalue weighted by molar-refractivity contribution is 0.210. The minimum Gasteiger partial charge on any atom is -0.383 e. The smallest absolute Gasteiger partial charge is 0.203 e. The van der Waals surface area contributed by atoms with Crippen molar-refractivity contribution in [1.82, 2.24) is 9.55 Å². The first kappa shape index (κ1) is 12.4. The molecule has 0 amide bonds. The topological polar surface area (TPSA) is 39.1 Å². The first-order valence-electron chi connectivity index (χ1n) is 6.57. The zero-order valence-electron chi connectivity index (χ0n) is 10.9. The zero-order valence-corrected chi connectivity index (χ0v) is 10.9. The fourth-order valence-corrected chi connectivity index (χ4v) is 2.66. The van der Waals surface area contributed by atoms with Gasteiger partial charge in [0.1, 0.15) is 0 Å². The Morgan fingerprint density at radius 2 is 2.41 bits per heavy atom. The lowest BCUT2D eigenvalue weighted by atomic mass is 9.87. The molecule has 1 aromatic heterocycles. The second-order valence-corrected chi connectivity index (χ2v) is 5.00. The van der Waals surface area contributed by atoms with Crippen LogP contribution in [-0.4, -0.2) is 29.8 Å². The fraction of sp³-hybridized carbons (Fsp3) is 0.769. The van der Waals surface area contributed by atoms with Crippen molar-refractivity contribution in [3.8, 4) is 0 Å². The fourth-order valence-electron chi connectivity index (χ4n) is 2.66. The number of imidazole rings is 1. The van der Waals surface area contributed by atoms with Crippen molar-refractivity contribution in [2.24, 2.45) is 5.92 Å². The molecule has 4 nitrogen and oxygen atoms in total. The molecule has 0 aromatic carbocycles. The first-order chi connectivity index (χ1) is 8.31. The van der Waals surface area contributed by atoms with E-state index in [0.717, 1.165) is 18.4 Å². The van der Waals surface area contributed by atoms with E-state index >= 15 is 0 Å². The molecule has 1 saturated carbocycles. The Morgan fingerprint density at radius 3 is 3.18 bits per heavy atom. The van der Waals surface area contributed by atoms with Crippen molar-refractivity contribution < 1.29 is 4.74 Å². The van der Waals surface area contributed by atoms with Crippen LogP contribution in [0.4, 0.5) is 5.95 Å². The molecule has 1 fully saturated rings. The Kier molecular flexibility index (Phi) is 4.42. The number of aromatic nitrogens is 2. The average molecular weight is 237 g/mol. The van der Waals surface area contributed by atoms with E-state index in [-0.39, 0.29) is 0 Å². The highest BCUT2D eigenvalue weighted by Gasteiger charge is 2.21. The van der Waals surface area contributed by atoms with Gasteiger partial charge in [-0.1, -0.05) is 19.8 Å². The van der Waals surface area contributed by atoms with Gasteiger partial charge in [0, 0.05) is 32.1 Å². The minimum absolute atomic E-state index is 0.617. The monoisotopic (exact) mass is 237 g/mol. The number of methoxy groups -OCH3 is 1. The van der Waals surface area contributed by atoms with Crippen LogP contribution in [0, 0.1) is 5.92 Å². The lowest BCUT2D eigenvalue weighted by Crippen LogP contribution is -2.20. The Hall–Kier alpha value is -1.03. The van der Waals surface area contributed by atoms with Crippen LogP contribution in [0.5, 0.6) is 0 Å². The number of nitrogens with zero attached hydrogens (tertiary/aromatic N) is 2. The van der Waals surface area contributed by atoms with Gasteiger partial charge in [-0.15, -0.1) is 0 Å². The van der Waals surface area contributed by atoms with E-state index in [0.29, 0.717) is 12.6 Å². The molecule has 17 heavy (non-hydrogen) atoms. The molecule has 96 valence electrons. The highest BCUT2D eigenvalue weighted by Crippen LogP contribution is 2.33. The Bertz CT molecular complexity index is 337. The quantitative estimate of drug-likeness (QED) is 0.800. The summed E-state index contributed by atoms with van der Waals surface area (Å²) in [7, 11) is 1.72. The summed E-state index contributed by atoms with van der Waals surface area (Å²) in [6, 6.07) is 0.617. The van der Waals surface area contributed by atoms with Crippen LogP contribution in [-0.2, 0) is 4.74 Å². The number of anilines is 1. The molecule has 0 spiro atoms. The normalized spacial score (nSPS) is 24.8. The van der Waals surface area contributed by atoms with E-state index in [1.165, 1.54) is 25.7 Å². The zero-order chi connectivity index (χ0) is 12.1. The van der Waals surface area contributed by atoms with E-state index in [1.54, 1.807) is 7.11 Å². The van der Waals surface area contributed by atoms with Crippen molar-refractivity contribution in [3.05, 3.63) is 12.4 Å². The summed E-state index contributed by atoms with van der Waals surface area (Å²) in [5, 5.41) is 3.33. The lowest BCUT2D eigenvalue weighted by Gasteiger charge is -2.28. The van der Waals surface area contributed by atoms with Crippen LogP contribution in [0.1, 0.15) is 38.6 Å². The predicted molar refractivity (Wildman–Crippen MR) is 69.3 cm³/mol. The molecule has 1 N–H and O–H groups in total. The van der Waals surface area contributed by atoms with E-state index in [1.807, 2.05) is 6.20 Å². The maximum Gasteiger partial charge on any atom is 0.203 e. The molecule has 0 bridgehead atoms. The van der Waals surface area contributed by atoms with Crippen LogP contribution in [0.15, 0.2) is 12.4 Å². The van der Waals surface area contributed by atoms with E-state index in [2.05, 4.69) is 28.0 Å². The standard InChI is InChI=1S/C13H23N3O/c1-11-4-3-5-12(10-11)16-8-6-14-13(16)15-7-9-17-2/h6,8,11-12H,3-5,7,9-10H2,1-2H3,(H,14,15). The van der Waals surface area contributed by atoms with Gasteiger partial charge in [-0.3, -0.25) is 0 Å². The molecule has 0 aliphatic heterocycles. The predicted octanol–water partition coefficient (Wildman–Crippen LogP) is 2.69. The van der Waals surface area contributed by atoms with Gasteiger partial charge in [-0.25, -0.2) is 4.98 Å². The van der Waals surface area contributed by atoms with Crippen LogP contribution < -0.4 is 5.32 Å². The number of rotatable bonds is 5. The summed E-state index contributed by atoms with van der Waals surface area (Å²) >= 11 is 0. The van der Waals surface area contributed by atoms with Gasteiger partial charge >= 0.3 is 0 Å². The van der Waals surface area contributed by atoms with Crippen LogP contribution in [0.25, 0.3) is 0 Å². The minimum atomic E-state index is 0.617. The van der Waals surface area contributed by atoms with Crippen LogP contribution in [0.3, 0.4) is 0 Å². The molecule has 1 heterocycles. The molecule has 1 aliphatic rings. The van der Waals surface area contributed by atoms with E-state index in [9.17, 15) is 0 Å². The molecule has 1 aromatic rings. The molecule has 2 atom stereocenters. The molecule has 4 heteroatoms. The molecule has 2 unspecified atom stereocenters. The van der Waals surface area contributed by atoms with Gasteiger partial charge in [-0.2, -0.15) is 0 Å². The summed E-state index contributed by atoms with van der Waals surface area (Å²) in [5.74, 6) is 1.82. The van der Waals surface area contributed by atoms with Crippen molar-refractivity contribution in [2.45, 2.75) is 38.6 Å². The Morgan fingerprint density at radius 1 is 1.53 bits per heavy atom. The summed E-state index contributed by atoms with van der Waals surface area (Å²) in [6.45, 7) is 3.88. The number of hydrogen-bond donors (Lipinski definition) is 1. The number of nitrogens with one attached hydrogen (secondary N) is 1. The number of ether oxygens (including phenoxy) is 1. The van der Waals surface area contributed by atoms with Crippen LogP contribution in [0.2, 0.25) is 0 Å². The van der Waals surface area contributed by atoms with Gasteiger partial charge < -0.3 is 14.6 Å². The molecule has 1 aliphatic carbocycles. The maximum atomic E-state index is 5.04. The van der Waals surface area contributed by atoms with Crippen molar-refractivity contribution in [1.29, 1.82) is 0 Å². The highest BCUT2D eigenvalue weighted by atomic mass is 16.5. The summed E-state index contributed by atoms with van der Waals surface area (Å²) in [6.07, 6.45) is 9.24.